The lowest BCUT2D eigenvalue weighted by atomic mass is 10.1. The molecule has 1 saturated heterocycles. The zero-order valence-corrected chi connectivity index (χ0v) is 14.0. The molecule has 3 rings (SSSR count). The van der Waals surface area contributed by atoms with Crippen LogP contribution in [0.2, 0.25) is 0 Å². The van der Waals surface area contributed by atoms with Crippen molar-refractivity contribution in [3.8, 4) is 5.75 Å². The van der Waals surface area contributed by atoms with Crippen LogP contribution in [0.5, 0.6) is 5.75 Å². The second kappa shape index (κ2) is 7.66. The van der Waals surface area contributed by atoms with E-state index in [0.29, 0.717) is 18.8 Å². The van der Waals surface area contributed by atoms with Gasteiger partial charge in [-0.3, -0.25) is 9.59 Å². The highest BCUT2D eigenvalue weighted by atomic mass is 16.5. The first-order valence-corrected chi connectivity index (χ1v) is 8.58. The van der Waals surface area contributed by atoms with Gasteiger partial charge in [-0.1, -0.05) is 12.1 Å². The SMILES string of the molecule is CC1CN(C(=O)CCC(=O)NCC2CCCO2)c2ccccc2O1. The van der Waals surface area contributed by atoms with Gasteiger partial charge >= 0.3 is 0 Å². The maximum atomic E-state index is 12.5. The van der Waals surface area contributed by atoms with Gasteiger partial charge in [0.2, 0.25) is 11.8 Å². The number of nitrogens with zero attached hydrogens (tertiary/aromatic N) is 1. The Morgan fingerprint density at radius 1 is 1.29 bits per heavy atom. The summed E-state index contributed by atoms with van der Waals surface area (Å²) in [6, 6.07) is 7.50. The summed E-state index contributed by atoms with van der Waals surface area (Å²) in [7, 11) is 0. The lowest BCUT2D eigenvalue weighted by Gasteiger charge is -2.33. The molecule has 2 amide bonds. The van der Waals surface area contributed by atoms with Crippen molar-refractivity contribution in [2.45, 2.75) is 44.8 Å². The summed E-state index contributed by atoms with van der Waals surface area (Å²) in [6.45, 7) is 3.75. The Kier molecular flexibility index (Phi) is 5.35. The first-order valence-electron chi connectivity index (χ1n) is 8.58. The number of fused-ring (bicyclic) bond motifs is 1. The first-order chi connectivity index (χ1) is 11.6. The van der Waals surface area contributed by atoms with E-state index in [1.54, 1.807) is 4.90 Å². The van der Waals surface area contributed by atoms with E-state index in [-0.39, 0.29) is 36.9 Å². The minimum atomic E-state index is -0.103. The van der Waals surface area contributed by atoms with Gasteiger partial charge in [0, 0.05) is 26.0 Å². The number of anilines is 1. The Bertz CT molecular complexity index is 598. The second-order valence-corrected chi connectivity index (χ2v) is 6.34. The van der Waals surface area contributed by atoms with E-state index in [1.807, 2.05) is 31.2 Å². The summed E-state index contributed by atoms with van der Waals surface area (Å²) in [5.74, 6) is 0.561. The molecule has 0 aromatic heterocycles. The normalized spacial score (nSPS) is 22.6. The maximum Gasteiger partial charge on any atom is 0.227 e. The summed E-state index contributed by atoms with van der Waals surface area (Å²) in [4.78, 5) is 26.2. The van der Waals surface area contributed by atoms with Crippen molar-refractivity contribution in [2.24, 2.45) is 0 Å². The maximum absolute atomic E-state index is 12.5. The standard InChI is InChI=1S/C18H24N2O4/c1-13-12-20(15-6-2-3-7-16(15)24-13)18(22)9-8-17(21)19-11-14-5-4-10-23-14/h2-3,6-7,13-14H,4-5,8-12H2,1H3,(H,19,21). The molecule has 0 saturated carbocycles. The second-order valence-electron chi connectivity index (χ2n) is 6.34. The van der Waals surface area contributed by atoms with Crippen molar-refractivity contribution >= 4 is 17.5 Å². The molecule has 24 heavy (non-hydrogen) atoms. The number of para-hydroxylation sites is 2. The zero-order chi connectivity index (χ0) is 16.9. The number of rotatable bonds is 5. The van der Waals surface area contributed by atoms with Crippen molar-refractivity contribution in [2.75, 3.05) is 24.6 Å². The first kappa shape index (κ1) is 16.8. The molecule has 0 radical (unpaired) electrons. The number of carbonyl (C=O) groups excluding carboxylic acids is 2. The molecular formula is C18H24N2O4. The van der Waals surface area contributed by atoms with Crippen LogP contribution in [-0.2, 0) is 14.3 Å². The quantitative estimate of drug-likeness (QED) is 0.894. The van der Waals surface area contributed by atoms with Gasteiger partial charge in [0.15, 0.2) is 0 Å². The molecule has 2 heterocycles. The molecule has 1 aromatic rings. The fourth-order valence-corrected chi connectivity index (χ4v) is 3.10. The number of nitrogens with one attached hydrogen (secondary N) is 1. The molecular weight excluding hydrogens is 308 g/mol. The fourth-order valence-electron chi connectivity index (χ4n) is 3.10. The fraction of sp³-hybridized carbons (Fsp3) is 0.556. The molecule has 0 aliphatic carbocycles. The van der Waals surface area contributed by atoms with Crippen LogP contribution in [0.4, 0.5) is 5.69 Å². The number of hydrogen-bond acceptors (Lipinski definition) is 4. The zero-order valence-electron chi connectivity index (χ0n) is 14.0. The van der Waals surface area contributed by atoms with Gasteiger partial charge in [0.05, 0.1) is 18.3 Å². The Morgan fingerprint density at radius 3 is 2.92 bits per heavy atom. The highest BCUT2D eigenvalue weighted by Crippen LogP contribution is 2.33. The molecule has 0 bridgehead atoms. The van der Waals surface area contributed by atoms with Crippen molar-refractivity contribution < 1.29 is 19.1 Å². The number of amides is 2. The van der Waals surface area contributed by atoms with Crippen LogP contribution in [0, 0.1) is 0 Å². The number of benzene rings is 1. The van der Waals surface area contributed by atoms with Gasteiger partial charge in [-0.15, -0.1) is 0 Å². The van der Waals surface area contributed by atoms with E-state index >= 15 is 0 Å². The summed E-state index contributed by atoms with van der Waals surface area (Å²) in [5.41, 5.74) is 0.778. The van der Waals surface area contributed by atoms with E-state index in [2.05, 4.69) is 5.32 Å². The summed E-state index contributed by atoms with van der Waals surface area (Å²) in [5, 5.41) is 2.85. The summed E-state index contributed by atoms with van der Waals surface area (Å²) < 4.78 is 11.2. The smallest absolute Gasteiger partial charge is 0.227 e. The molecule has 1 fully saturated rings. The van der Waals surface area contributed by atoms with Crippen molar-refractivity contribution in [1.82, 2.24) is 5.32 Å². The van der Waals surface area contributed by atoms with Crippen molar-refractivity contribution in [3.63, 3.8) is 0 Å². The predicted molar refractivity (Wildman–Crippen MR) is 90.1 cm³/mol. The van der Waals surface area contributed by atoms with Crippen LogP contribution in [0.25, 0.3) is 0 Å². The Morgan fingerprint density at radius 2 is 2.12 bits per heavy atom. The van der Waals surface area contributed by atoms with Gasteiger partial charge < -0.3 is 19.7 Å². The molecule has 1 aromatic carbocycles. The minimum absolute atomic E-state index is 0.0510. The largest absolute Gasteiger partial charge is 0.487 e. The molecule has 1 N–H and O–H groups in total. The molecule has 130 valence electrons. The molecule has 6 nitrogen and oxygen atoms in total. The van der Waals surface area contributed by atoms with E-state index in [1.165, 1.54) is 0 Å². The van der Waals surface area contributed by atoms with Gasteiger partial charge in [0.25, 0.3) is 0 Å². The molecule has 2 atom stereocenters. The third-order valence-corrected chi connectivity index (χ3v) is 4.34. The summed E-state index contributed by atoms with van der Waals surface area (Å²) >= 11 is 0. The average Bonchev–Trinajstić information content (AvgIpc) is 3.10. The topological polar surface area (TPSA) is 67.9 Å². The van der Waals surface area contributed by atoms with Crippen molar-refractivity contribution in [3.05, 3.63) is 24.3 Å². The monoisotopic (exact) mass is 332 g/mol. The molecule has 6 heteroatoms. The van der Waals surface area contributed by atoms with Gasteiger partial charge in [-0.2, -0.15) is 0 Å². The van der Waals surface area contributed by atoms with Gasteiger partial charge in [-0.25, -0.2) is 0 Å². The molecule has 2 aliphatic heterocycles. The number of ether oxygens (including phenoxy) is 2. The highest BCUT2D eigenvalue weighted by Gasteiger charge is 2.27. The Labute approximate surface area is 142 Å². The lowest BCUT2D eigenvalue weighted by Crippen LogP contribution is -2.42. The third-order valence-electron chi connectivity index (χ3n) is 4.34. The van der Waals surface area contributed by atoms with E-state index in [4.69, 9.17) is 9.47 Å². The van der Waals surface area contributed by atoms with Crippen LogP contribution in [0.1, 0.15) is 32.6 Å². The van der Waals surface area contributed by atoms with E-state index in [9.17, 15) is 9.59 Å². The molecule has 0 spiro atoms. The van der Waals surface area contributed by atoms with Gasteiger partial charge in [0.1, 0.15) is 11.9 Å². The third kappa shape index (κ3) is 4.06. The Hall–Kier alpha value is -2.08. The van der Waals surface area contributed by atoms with Crippen LogP contribution >= 0.6 is 0 Å². The van der Waals surface area contributed by atoms with Crippen LogP contribution in [0.15, 0.2) is 24.3 Å². The predicted octanol–water partition coefficient (Wildman–Crippen LogP) is 1.88. The lowest BCUT2D eigenvalue weighted by molar-refractivity contribution is -0.125. The van der Waals surface area contributed by atoms with Crippen LogP contribution in [-0.4, -0.2) is 43.7 Å². The number of carbonyl (C=O) groups is 2. The Balaban J connectivity index is 1.50. The van der Waals surface area contributed by atoms with Gasteiger partial charge in [-0.05, 0) is 31.9 Å². The molecule has 2 aliphatic rings. The average molecular weight is 332 g/mol. The molecule has 2 unspecified atom stereocenters. The van der Waals surface area contributed by atoms with E-state index in [0.717, 1.165) is 25.1 Å². The van der Waals surface area contributed by atoms with Crippen molar-refractivity contribution in [1.29, 1.82) is 0 Å². The van der Waals surface area contributed by atoms with E-state index < -0.39 is 0 Å². The number of hydrogen-bond donors (Lipinski definition) is 1. The highest BCUT2D eigenvalue weighted by molar-refractivity contribution is 5.97. The summed E-state index contributed by atoms with van der Waals surface area (Å²) in [6.07, 6.45) is 2.49. The van der Waals surface area contributed by atoms with Crippen LogP contribution in [0.3, 0.4) is 0 Å². The van der Waals surface area contributed by atoms with Crippen LogP contribution < -0.4 is 15.0 Å². The minimum Gasteiger partial charge on any atom is -0.487 e.